The Labute approximate surface area is 239 Å². The SMILES string of the molecule is CCOc1cc(/C=C2\SC(=Nc3ccc(C(=O)O)cc3)N(CC)C2=O)cc(I)c1OCc1ccc(C)cc1. The largest absolute Gasteiger partial charge is 0.490 e. The van der Waals surface area contributed by atoms with Crippen LogP contribution >= 0.6 is 34.4 Å². The molecule has 1 N–H and O–H groups in total. The third kappa shape index (κ3) is 6.57. The van der Waals surface area contributed by atoms with E-state index in [4.69, 9.17) is 14.6 Å². The third-order valence-electron chi connectivity index (χ3n) is 5.68. The van der Waals surface area contributed by atoms with Crippen molar-refractivity contribution in [2.75, 3.05) is 13.2 Å². The van der Waals surface area contributed by atoms with E-state index in [1.165, 1.54) is 29.5 Å². The number of aliphatic imine (C=N–C) groups is 1. The molecule has 0 radical (unpaired) electrons. The van der Waals surface area contributed by atoms with Gasteiger partial charge in [0.05, 0.1) is 26.3 Å². The van der Waals surface area contributed by atoms with E-state index in [2.05, 4.69) is 46.6 Å². The molecule has 9 heteroatoms. The number of thioether (sulfide) groups is 1. The highest BCUT2D eigenvalue weighted by Crippen LogP contribution is 2.38. The number of carboxylic acids is 1. The molecule has 1 fully saturated rings. The highest BCUT2D eigenvalue weighted by molar-refractivity contribution is 14.1. The number of carboxylic acid groups (broad SMARTS) is 1. The summed E-state index contributed by atoms with van der Waals surface area (Å²) in [5.41, 5.74) is 3.84. The summed E-state index contributed by atoms with van der Waals surface area (Å²) in [6.45, 7) is 7.22. The molecule has 0 saturated carbocycles. The molecule has 4 rings (SSSR count). The van der Waals surface area contributed by atoms with E-state index >= 15 is 0 Å². The van der Waals surface area contributed by atoms with Crippen LogP contribution in [0.25, 0.3) is 6.08 Å². The van der Waals surface area contributed by atoms with E-state index in [1.807, 2.05) is 44.2 Å². The maximum Gasteiger partial charge on any atom is 0.335 e. The molecule has 3 aromatic rings. The van der Waals surface area contributed by atoms with Gasteiger partial charge in [0.2, 0.25) is 0 Å². The molecule has 1 aliphatic heterocycles. The van der Waals surface area contributed by atoms with Crippen LogP contribution in [0.1, 0.15) is 40.9 Å². The maximum absolute atomic E-state index is 13.2. The number of likely N-dealkylation sites (N-methyl/N-ethyl adjacent to an activating group) is 1. The van der Waals surface area contributed by atoms with E-state index < -0.39 is 5.97 Å². The minimum atomic E-state index is -0.998. The van der Waals surface area contributed by atoms with Crippen molar-refractivity contribution in [1.82, 2.24) is 4.90 Å². The van der Waals surface area contributed by atoms with E-state index in [-0.39, 0.29) is 11.5 Å². The van der Waals surface area contributed by atoms with Crippen LogP contribution in [0.3, 0.4) is 0 Å². The van der Waals surface area contributed by atoms with Crippen LogP contribution < -0.4 is 9.47 Å². The van der Waals surface area contributed by atoms with Crippen LogP contribution in [0.4, 0.5) is 5.69 Å². The number of hydrogen-bond donors (Lipinski definition) is 1. The zero-order chi connectivity index (χ0) is 27.2. The average Bonchev–Trinajstić information content (AvgIpc) is 3.18. The van der Waals surface area contributed by atoms with E-state index in [0.717, 1.165) is 14.7 Å². The normalized spacial score (nSPS) is 15.4. The summed E-state index contributed by atoms with van der Waals surface area (Å²) in [5.74, 6) is 0.158. The fraction of sp³-hybridized carbons (Fsp3) is 0.207. The van der Waals surface area contributed by atoms with Crippen molar-refractivity contribution < 1.29 is 24.2 Å². The van der Waals surface area contributed by atoms with Crippen LogP contribution in [-0.4, -0.2) is 40.2 Å². The maximum atomic E-state index is 13.2. The van der Waals surface area contributed by atoms with Gasteiger partial charge in [-0.25, -0.2) is 9.79 Å². The number of nitrogens with zero attached hydrogens (tertiary/aromatic N) is 2. The van der Waals surface area contributed by atoms with Gasteiger partial charge in [0.1, 0.15) is 6.61 Å². The van der Waals surface area contributed by atoms with Gasteiger partial charge >= 0.3 is 5.97 Å². The number of benzene rings is 3. The van der Waals surface area contributed by atoms with E-state index in [0.29, 0.717) is 47.0 Å². The van der Waals surface area contributed by atoms with Crippen molar-refractivity contribution in [2.24, 2.45) is 4.99 Å². The number of hydrogen-bond acceptors (Lipinski definition) is 6. The number of amidine groups is 1. The monoisotopic (exact) mass is 642 g/mol. The number of ether oxygens (including phenoxy) is 2. The predicted molar refractivity (Wildman–Crippen MR) is 159 cm³/mol. The molecule has 0 unspecified atom stereocenters. The first-order valence-corrected chi connectivity index (χ1v) is 14.0. The second kappa shape index (κ2) is 12.5. The number of aryl methyl sites for hydroxylation is 1. The summed E-state index contributed by atoms with van der Waals surface area (Å²) in [4.78, 5) is 31.0. The van der Waals surface area contributed by atoms with Crippen LogP contribution in [0.15, 0.2) is 70.6 Å². The molecule has 38 heavy (non-hydrogen) atoms. The summed E-state index contributed by atoms with van der Waals surface area (Å²) in [6.07, 6.45) is 1.83. The molecule has 1 saturated heterocycles. The third-order valence-corrected chi connectivity index (χ3v) is 7.48. The van der Waals surface area contributed by atoms with Crippen LogP contribution in [0, 0.1) is 10.5 Å². The van der Waals surface area contributed by atoms with Crippen molar-refractivity contribution in [3.05, 3.63) is 91.4 Å². The summed E-state index contributed by atoms with van der Waals surface area (Å²) in [6, 6.07) is 18.3. The quantitative estimate of drug-likeness (QED) is 0.202. The molecule has 1 amide bonds. The summed E-state index contributed by atoms with van der Waals surface area (Å²) in [5, 5.41) is 9.66. The van der Waals surface area contributed by atoms with Gasteiger partial charge in [0, 0.05) is 6.54 Å². The lowest BCUT2D eigenvalue weighted by molar-refractivity contribution is -0.122. The Morgan fingerprint density at radius 3 is 2.42 bits per heavy atom. The summed E-state index contributed by atoms with van der Waals surface area (Å²) in [7, 11) is 0. The van der Waals surface area contributed by atoms with Gasteiger partial charge in [-0.05, 0) is 109 Å². The van der Waals surface area contributed by atoms with Gasteiger partial charge in [-0.15, -0.1) is 0 Å². The molecule has 0 atom stereocenters. The Balaban J connectivity index is 1.59. The molecule has 0 spiro atoms. The number of amides is 1. The zero-order valence-corrected chi connectivity index (χ0v) is 24.2. The Bertz CT molecular complexity index is 1400. The molecular formula is C29H27IN2O5S. The minimum Gasteiger partial charge on any atom is -0.490 e. The lowest BCUT2D eigenvalue weighted by atomic mass is 10.1. The highest BCUT2D eigenvalue weighted by Gasteiger charge is 2.32. The first-order valence-electron chi connectivity index (χ1n) is 12.1. The molecule has 0 bridgehead atoms. The summed E-state index contributed by atoms with van der Waals surface area (Å²) < 4.78 is 12.9. The Morgan fingerprint density at radius 2 is 1.79 bits per heavy atom. The van der Waals surface area contributed by atoms with Gasteiger partial charge in [-0.1, -0.05) is 29.8 Å². The average molecular weight is 643 g/mol. The first-order chi connectivity index (χ1) is 18.3. The van der Waals surface area contributed by atoms with Crippen LogP contribution in [-0.2, 0) is 11.4 Å². The van der Waals surface area contributed by atoms with Crippen molar-refractivity contribution >= 4 is 63.2 Å². The highest BCUT2D eigenvalue weighted by atomic mass is 127. The van der Waals surface area contributed by atoms with Gasteiger partial charge in [-0.2, -0.15) is 0 Å². The van der Waals surface area contributed by atoms with Gasteiger partial charge in [0.15, 0.2) is 16.7 Å². The number of halogens is 1. The molecule has 0 aliphatic carbocycles. The van der Waals surface area contributed by atoms with Crippen LogP contribution in [0.5, 0.6) is 11.5 Å². The first kappa shape index (κ1) is 27.7. The second-order valence-electron chi connectivity index (χ2n) is 8.44. The van der Waals surface area contributed by atoms with Gasteiger partial charge in [-0.3, -0.25) is 9.69 Å². The van der Waals surface area contributed by atoms with Crippen molar-refractivity contribution in [1.29, 1.82) is 0 Å². The molecule has 196 valence electrons. The molecule has 1 heterocycles. The standard InChI is InChI=1S/C29H27IN2O5S/c1-4-32-27(33)25(38-29(32)31-22-12-10-21(11-13-22)28(34)35)16-20-14-23(30)26(24(15-20)36-5-2)37-17-19-8-6-18(3)7-9-19/h6-16H,4-5,17H2,1-3H3,(H,34,35)/b25-16-,31-29?. The van der Waals surface area contributed by atoms with Gasteiger partial charge < -0.3 is 14.6 Å². The zero-order valence-electron chi connectivity index (χ0n) is 21.2. The smallest absolute Gasteiger partial charge is 0.335 e. The van der Waals surface area contributed by atoms with Crippen molar-refractivity contribution in [2.45, 2.75) is 27.4 Å². The molecule has 7 nitrogen and oxygen atoms in total. The van der Waals surface area contributed by atoms with Crippen molar-refractivity contribution in [3.63, 3.8) is 0 Å². The molecule has 1 aliphatic rings. The van der Waals surface area contributed by atoms with E-state index in [9.17, 15) is 9.59 Å². The number of rotatable bonds is 9. The molecular weight excluding hydrogens is 615 g/mol. The Kier molecular flexibility index (Phi) is 9.11. The fourth-order valence-corrected chi connectivity index (χ4v) is 5.57. The minimum absolute atomic E-state index is 0.133. The Morgan fingerprint density at radius 1 is 1.08 bits per heavy atom. The number of carbonyl (C=O) groups is 2. The van der Waals surface area contributed by atoms with Crippen molar-refractivity contribution in [3.8, 4) is 11.5 Å². The van der Waals surface area contributed by atoms with E-state index in [1.54, 1.807) is 17.0 Å². The number of aromatic carboxylic acids is 1. The molecule has 0 aromatic heterocycles. The summed E-state index contributed by atoms with van der Waals surface area (Å²) >= 11 is 3.51. The van der Waals surface area contributed by atoms with Crippen LogP contribution in [0.2, 0.25) is 0 Å². The lowest BCUT2D eigenvalue weighted by Gasteiger charge is -2.15. The van der Waals surface area contributed by atoms with Gasteiger partial charge in [0.25, 0.3) is 5.91 Å². The predicted octanol–water partition coefficient (Wildman–Crippen LogP) is 6.90. The Hall–Kier alpha value is -3.31. The lowest BCUT2D eigenvalue weighted by Crippen LogP contribution is -2.28. The fourth-order valence-electron chi connectivity index (χ4n) is 3.72. The number of carbonyl (C=O) groups excluding carboxylic acids is 1. The molecule has 3 aromatic carbocycles. The topological polar surface area (TPSA) is 88.4 Å². The second-order valence-corrected chi connectivity index (χ2v) is 10.6.